The highest BCUT2D eigenvalue weighted by atomic mass is 16.5. The van der Waals surface area contributed by atoms with Gasteiger partial charge in [-0.05, 0) is 18.1 Å². The van der Waals surface area contributed by atoms with Crippen molar-refractivity contribution < 1.29 is 14.6 Å². The predicted molar refractivity (Wildman–Crippen MR) is 51.5 cm³/mol. The number of aliphatic carboxylic acids is 1. The molecule has 0 radical (unpaired) electrons. The van der Waals surface area contributed by atoms with Gasteiger partial charge < -0.3 is 9.84 Å². The van der Waals surface area contributed by atoms with Crippen LogP contribution >= 0.6 is 0 Å². The molecule has 1 fully saturated rings. The first-order chi connectivity index (χ1) is 6.74. The van der Waals surface area contributed by atoms with E-state index in [1.54, 1.807) is 7.11 Å². The summed E-state index contributed by atoms with van der Waals surface area (Å²) in [7, 11) is 1.61. The molecule has 3 nitrogen and oxygen atoms in total. The van der Waals surface area contributed by atoms with Crippen molar-refractivity contribution in [1.82, 2.24) is 0 Å². The number of ether oxygens (including phenoxy) is 1. The Balaban J connectivity index is 2.22. The van der Waals surface area contributed by atoms with E-state index in [0.717, 1.165) is 17.7 Å². The normalized spacial score (nSPS) is 24.4. The molecule has 1 aliphatic carbocycles. The van der Waals surface area contributed by atoms with Crippen LogP contribution in [0.3, 0.4) is 0 Å². The lowest BCUT2D eigenvalue weighted by molar-refractivity contribution is -0.138. The molecule has 14 heavy (non-hydrogen) atoms. The van der Waals surface area contributed by atoms with E-state index in [9.17, 15) is 4.79 Å². The van der Waals surface area contributed by atoms with E-state index in [0.29, 0.717) is 0 Å². The number of carboxylic acids is 1. The monoisotopic (exact) mass is 192 g/mol. The molecule has 0 aliphatic heterocycles. The van der Waals surface area contributed by atoms with Crippen LogP contribution in [0.1, 0.15) is 17.9 Å². The summed E-state index contributed by atoms with van der Waals surface area (Å²) in [6, 6.07) is 7.61. The smallest absolute Gasteiger partial charge is 0.307 e. The van der Waals surface area contributed by atoms with Crippen molar-refractivity contribution in [3.63, 3.8) is 0 Å². The standard InChI is InChI=1S/C11H12O3/c1-14-10-5-3-2-4-7(10)8-6-9(8)11(12)13/h2-5,8-9H,6H2,1H3,(H,12,13)/t8-,9-/m0/s1. The molecule has 3 heteroatoms. The number of benzene rings is 1. The van der Waals surface area contributed by atoms with Gasteiger partial charge >= 0.3 is 5.97 Å². The minimum atomic E-state index is -0.707. The van der Waals surface area contributed by atoms with E-state index in [-0.39, 0.29) is 11.8 Å². The Bertz CT molecular complexity index is 359. The van der Waals surface area contributed by atoms with Crippen LogP contribution in [0.25, 0.3) is 0 Å². The predicted octanol–water partition coefficient (Wildman–Crippen LogP) is 1.88. The second kappa shape index (κ2) is 3.33. The van der Waals surface area contributed by atoms with Crippen LogP contribution in [-0.4, -0.2) is 18.2 Å². The Morgan fingerprint density at radius 3 is 2.79 bits per heavy atom. The van der Waals surface area contributed by atoms with Crippen LogP contribution in [0.15, 0.2) is 24.3 Å². The molecule has 2 rings (SSSR count). The molecule has 0 unspecified atom stereocenters. The molecule has 1 N–H and O–H groups in total. The summed E-state index contributed by atoms with van der Waals surface area (Å²) < 4.78 is 5.18. The van der Waals surface area contributed by atoms with E-state index in [1.807, 2.05) is 24.3 Å². The van der Waals surface area contributed by atoms with Crippen molar-refractivity contribution in [2.45, 2.75) is 12.3 Å². The Labute approximate surface area is 82.3 Å². The quantitative estimate of drug-likeness (QED) is 0.795. The number of hydrogen-bond donors (Lipinski definition) is 1. The fourth-order valence-corrected chi connectivity index (χ4v) is 1.78. The van der Waals surface area contributed by atoms with Crippen molar-refractivity contribution in [2.24, 2.45) is 5.92 Å². The number of rotatable bonds is 3. The molecule has 2 atom stereocenters. The Morgan fingerprint density at radius 1 is 1.50 bits per heavy atom. The van der Waals surface area contributed by atoms with Crippen molar-refractivity contribution in [1.29, 1.82) is 0 Å². The highest BCUT2D eigenvalue weighted by Crippen LogP contribution is 2.50. The summed E-state index contributed by atoms with van der Waals surface area (Å²) in [5.41, 5.74) is 1.02. The number of hydrogen-bond acceptors (Lipinski definition) is 2. The van der Waals surface area contributed by atoms with Crippen LogP contribution in [0.5, 0.6) is 5.75 Å². The molecule has 0 saturated heterocycles. The fraction of sp³-hybridized carbons (Fsp3) is 0.364. The zero-order chi connectivity index (χ0) is 10.1. The first kappa shape index (κ1) is 9.06. The molecule has 74 valence electrons. The maximum Gasteiger partial charge on any atom is 0.307 e. The summed E-state index contributed by atoms with van der Waals surface area (Å²) in [6.07, 6.45) is 0.732. The third-order valence-corrected chi connectivity index (χ3v) is 2.65. The molecule has 0 amide bonds. The fourth-order valence-electron chi connectivity index (χ4n) is 1.78. The van der Waals surface area contributed by atoms with Crippen LogP contribution < -0.4 is 4.74 Å². The molecule has 1 aromatic carbocycles. The minimum absolute atomic E-state index is 0.142. The molecule has 1 saturated carbocycles. The topological polar surface area (TPSA) is 46.5 Å². The molecular weight excluding hydrogens is 180 g/mol. The van der Waals surface area contributed by atoms with Crippen LogP contribution in [0, 0.1) is 5.92 Å². The van der Waals surface area contributed by atoms with Crippen molar-refractivity contribution in [2.75, 3.05) is 7.11 Å². The zero-order valence-corrected chi connectivity index (χ0v) is 7.93. The van der Waals surface area contributed by atoms with E-state index in [4.69, 9.17) is 9.84 Å². The molecule has 0 aromatic heterocycles. The van der Waals surface area contributed by atoms with Gasteiger partial charge in [-0.25, -0.2) is 0 Å². The van der Waals surface area contributed by atoms with Gasteiger partial charge in [0.1, 0.15) is 5.75 Å². The summed E-state index contributed by atoms with van der Waals surface area (Å²) in [5.74, 6) is 0.0112. The zero-order valence-electron chi connectivity index (χ0n) is 7.93. The second-order valence-electron chi connectivity index (χ2n) is 3.53. The average molecular weight is 192 g/mol. The minimum Gasteiger partial charge on any atom is -0.496 e. The van der Waals surface area contributed by atoms with Crippen molar-refractivity contribution in [3.8, 4) is 5.75 Å². The molecule has 0 bridgehead atoms. The van der Waals surface area contributed by atoms with Gasteiger partial charge in [0.05, 0.1) is 13.0 Å². The Morgan fingerprint density at radius 2 is 2.21 bits per heavy atom. The van der Waals surface area contributed by atoms with Crippen molar-refractivity contribution >= 4 is 5.97 Å². The molecular formula is C11H12O3. The van der Waals surface area contributed by atoms with E-state index in [2.05, 4.69) is 0 Å². The molecule has 1 aliphatic rings. The lowest BCUT2D eigenvalue weighted by Gasteiger charge is -2.06. The Kier molecular flexibility index (Phi) is 2.15. The number of carboxylic acid groups (broad SMARTS) is 1. The lowest BCUT2D eigenvalue weighted by Crippen LogP contribution is -1.99. The summed E-state index contributed by atoms with van der Waals surface area (Å²) in [6.45, 7) is 0. The van der Waals surface area contributed by atoms with Crippen LogP contribution in [0.4, 0.5) is 0 Å². The van der Waals surface area contributed by atoms with E-state index in [1.165, 1.54) is 0 Å². The van der Waals surface area contributed by atoms with Gasteiger partial charge in [-0.2, -0.15) is 0 Å². The largest absolute Gasteiger partial charge is 0.496 e. The second-order valence-corrected chi connectivity index (χ2v) is 3.53. The molecule has 0 spiro atoms. The maximum atomic E-state index is 10.7. The van der Waals surface area contributed by atoms with Gasteiger partial charge in [0, 0.05) is 5.92 Å². The number of methoxy groups -OCH3 is 1. The van der Waals surface area contributed by atoms with Crippen molar-refractivity contribution in [3.05, 3.63) is 29.8 Å². The first-order valence-electron chi connectivity index (χ1n) is 4.59. The molecule has 0 heterocycles. The van der Waals surface area contributed by atoms with Gasteiger partial charge in [0.15, 0.2) is 0 Å². The average Bonchev–Trinajstić information content (AvgIpc) is 2.97. The van der Waals surface area contributed by atoms with Crippen LogP contribution in [0.2, 0.25) is 0 Å². The van der Waals surface area contributed by atoms with Crippen LogP contribution in [-0.2, 0) is 4.79 Å². The lowest BCUT2D eigenvalue weighted by atomic mass is 10.1. The highest BCUT2D eigenvalue weighted by molar-refractivity contribution is 5.75. The molecule has 1 aromatic rings. The van der Waals surface area contributed by atoms with Gasteiger partial charge in [-0.15, -0.1) is 0 Å². The highest BCUT2D eigenvalue weighted by Gasteiger charge is 2.45. The SMILES string of the molecule is COc1ccccc1[C@@H]1C[C@@H]1C(=O)O. The maximum absolute atomic E-state index is 10.7. The first-order valence-corrected chi connectivity index (χ1v) is 4.59. The number of para-hydroxylation sites is 1. The van der Waals surface area contributed by atoms with Gasteiger partial charge in [0.25, 0.3) is 0 Å². The third-order valence-electron chi connectivity index (χ3n) is 2.65. The van der Waals surface area contributed by atoms with Gasteiger partial charge in [0.2, 0.25) is 0 Å². The third kappa shape index (κ3) is 1.45. The van der Waals surface area contributed by atoms with E-state index >= 15 is 0 Å². The number of carbonyl (C=O) groups is 1. The Hall–Kier alpha value is -1.51. The summed E-state index contributed by atoms with van der Waals surface area (Å²) in [5, 5.41) is 8.81. The van der Waals surface area contributed by atoms with Gasteiger partial charge in [-0.3, -0.25) is 4.79 Å². The van der Waals surface area contributed by atoms with E-state index < -0.39 is 5.97 Å². The van der Waals surface area contributed by atoms with Gasteiger partial charge in [-0.1, -0.05) is 18.2 Å². The summed E-state index contributed by atoms with van der Waals surface area (Å²) >= 11 is 0. The summed E-state index contributed by atoms with van der Waals surface area (Å²) in [4.78, 5) is 10.7.